The highest BCUT2D eigenvalue weighted by atomic mass is 16.6. The average Bonchev–Trinajstić information content (AvgIpc) is 3.25. The van der Waals surface area contributed by atoms with Crippen LogP contribution in [0.3, 0.4) is 0 Å². The first-order valence-corrected chi connectivity index (χ1v) is 13.2. The van der Waals surface area contributed by atoms with Crippen molar-refractivity contribution in [2.45, 2.75) is 65.6 Å². The maximum atomic E-state index is 13.6. The van der Waals surface area contributed by atoms with E-state index in [4.69, 9.17) is 9.47 Å². The van der Waals surface area contributed by atoms with Crippen LogP contribution in [0.2, 0.25) is 0 Å². The van der Waals surface area contributed by atoms with Gasteiger partial charge in [0.15, 0.2) is 0 Å². The Bertz CT molecular complexity index is 1260. The number of rotatable bonds is 8. The monoisotopic (exact) mass is 502 g/mol. The molecule has 0 N–H and O–H groups in total. The van der Waals surface area contributed by atoms with E-state index in [2.05, 4.69) is 6.92 Å². The maximum absolute atomic E-state index is 13.6. The molecule has 0 spiro atoms. The lowest BCUT2D eigenvalue weighted by atomic mass is 9.76. The first kappa shape index (κ1) is 26.5. The number of carbonyl (C=O) groups is 2. The van der Waals surface area contributed by atoms with Crippen LogP contribution in [0.15, 0.2) is 73.1 Å². The summed E-state index contributed by atoms with van der Waals surface area (Å²) in [5.74, 6) is 0.150. The van der Waals surface area contributed by atoms with Crippen LogP contribution in [0, 0.1) is 5.41 Å². The molecule has 1 saturated heterocycles. The second kappa shape index (κ2) is 11.2. The van der Waals surface area contributed by atoms with Crippen molar-refractivity contribution >= 4 is 22.9 Å². The summed E-state index contributed by atoms with van der Waals surface area (Å²) in [5, 5.41) is 1.01. The van der Waals surface area contributed by atoms with Crippen molar-refractivity contribution in [3.05, 3.63) is 84.3 Å². The predicted octanol–water partition coefficient (Wildman–Crippen LogP) is 6.72. The molecule has 0 saturated carbocycles. The van der Waals surface area contributed by atoms with Crippen LogP contribution in [0.25, 0.3) is 10.9 Å². The summed E-state index contributed by atoms with van der Waals surface area (Å²) < 4.78 is 13.0. The Balaban J connectivity index is 1.45. The van der Waals surface area contributed by atoms with Gasteiger partial charge in [-0.3, -0.25) is 9.36 Å². The van der Waals surface area contributed by atoms with Gasteiger partial charge in [-0.1, -0.05) is 55.5 Å². The van der Waals surface area contributed by atoms with E-state index >= 15 is 0 Å². The Hall–Kier alpha value is -3.54. The van der Waals surface area contributed by atoms with E-state index in [1.165, 1.54) is 0 Å². The molecule has 37 heavy (non-hydrogen) atoms. The molecule has 4 rings (SSSR count). The number of piperidine rings is 1. The van der Waals surface area contributed by atoms with Crippen LogP contribution in [0.5, 0.6) is 0 Å². The van der Waals surface area contributed by atoms with Gasteiger partial charge in [0.2, 0.25) is 5.91 Å². The molecule has 0 radical (unpaired) electrons. The van der Waals surface area contributed by atoms with Gasteiger partial charge in [0.1, 0.15) is 12.2 Å². The molecule has 0 bridgehead atoms. The third-order valence-corrected chi connectivity index (χ3v) is 7.01. The van der Waals surface area contributed by atoms with Crippen molar-refractivity contribution in [2.75, 3.05) is 13.1 Å². The van der Waals surface area contributed by atoms with Gasteiger partial charge in [-0.15, -0.1) is 0 Å². The highest BCUT2D eigenvalue weighted by molar-refractivity contribution is 5.92. The highest BCUT2D eigenvalue weighted by Gasteiger charge is 2.40. The second-order valence-electron chi connectivity index (χ2n) is 10.8. The molecule has 6 nitrogen and oxygen atoms in total. The smallest absolute Gasteiger partial charge is 0.419 e. The van der Waals surface area contributed by atoms with E-state index in [0.29, 0.717) is 19.6 Å². The molecule has 2 heterocycles. The third kappa shape index (κ3) is 6.24. The van der Waals surface area contributed by atoms with E-state index in [-0.39, 0.29) is 5.91 Å². The number of likely N-dealkylation sites (tertiary alicyclic amines) is 1. The number of nitrogens with zero attached hydrogens (tertiary/aromatic N) is 2. The highest BCUT2D eigenvalue weighted by Crippen LogP contribution is 2.36. The molecule has 6 heteroatoms. The number of hydrogen-bond acceptors (Lipinski definition) is 4. The number of carbonyl (C=O) groups excluding carboxylic acids is 2. The standard InChI is InChI=1S/C31H38N2O4/c1-5-31(18-21-36-23-24-12-7-6-8-13-24)17-11-19-32(28(31)34)20-16-25-22-33(29(35)37-30(2,3)4)27-15-10-9-14-26(25)27/h6-10,12-15,18,21-22H,5,11,16-17,19-20,23H2,1-4H3/b21-18+/t31-/m1/s1. The number of para-hydroxylation sites is 1. The molecule has 1 amide bonds. The number of amides is 1. The zero-order chi connectivity index (χ0) is 26.5. The fourth-order valence-electron chi connectivity index (χ4n) is 4.99. The summed E-state index contributed by atoms with van der Waals surface area (Å²) in [7, 11) is 0. The molecular formula is C31H38N2O4. The zero-order valence-corrected chi connectivity index (χ0v) is 22.4. The molecule has 1 aromatic heterocycles. The fraction of sp³-hybridized carbons (Fsp3) is 0.419. The lowest BCUT2D eigenvalue weighted by molar-refractivity contribution is -0.143. The Morgan fingerprint density at radius 2 is 1.81 bits per heavy atom. The lowest BCUT2D eigenvalue weighted by Gasteiger charge is -2.39. The van der Waals surface area contributed by atoms with Crippen molar-refractivity contribution in [2.24, 2.45) is 5.41 Å². The molecule has 1 fully saturated rings. The Kier molecular flexibility index (Phi) is 8.06. The van der Waals surface area contributed by atoms with Crippen LogP contribution in [-0.4, -0.2) is 40.2 Å². The largest absolute Gasteiger partial charge is 0.497 e. The van der Waals surface area contributed by atoms with Gasteiger partial charge in [0.25, 0.3) is 0 Å². The van der Waals surface area contributed by atoms with Crippen LogP contribution in [0.1, 0.15) is 58.1 Å². The van der Waals surface area contributed by atoms with E-state index < -0.39 is 17.1 Å². The van der Waals surface area contributed by atoms with Gasteiger partial charge in [0.05, 0.1) is 17.2 Å². The van der Waals surface area contributed by atoms with Crippen molar-refractivity contribution in [1.82, 2.24) is 9.47 Å². The summed E-state index contributed by atoms with van der Waals surface area (Å²) in [6, 6.07) is 17.8. The van der Waals surface area contributed by atoms with Crippen LogP contribution >= 0.6 is 0 Å². The Morgan fingerprint density at radius 3 is 2.54 bits per heavy atom. The van der Waals surface area contributed by atoms with Gasteiger partial charge < -0.3 is 14.4 Å². The third-order valence-electron chi connectivity index (χ3n) is 7.01. The Morgan fingerprint density at radius 1 is 1.08 bits per heavy atom. The van der Waals surface area contributed by atoms with E-state index in [9.17, 15) is 9.59 Å². The predicted molar refractivity (Wildman–Crippen MR) is 146 cm³/mol. The van der Waals surface area contributed by atoms with E-state index in [0.717, 1.165) is 47.8 Å². The number of fused-ring (bicyclic) bond motifs is 1. The first-order valence-electron chi connectivity index (χ1n) is 13.2. The molecular weight excluding hydrogens is 464 g/mol. The second-order valence-corrected chi connectivity index (χ2v) is 10.8. The van der Waals surface area contributed by atoms with Gasteiger partial charge >= 0.3 is 6.09 Å². The van der Waals surface area contributed by atoms with Crippen LogP contribution in [0.4, 0.5) is 4.79 Å². The number of aromatic nitrogens is 1. The first-order chi connectivity index (χ1) is 17.7. The zero-order valence-electron chi connectivity index (χ0n) is 22.4. The minimum Gasteiger partial charge on any atom is -0.497 e. The van der Waals surface area contributed by atoms with Gasteiger partial charge in [-0.05, 0) is 69.7 Å². The van der Waals surface area contributed by atoms with Gasteiger partial charge in [-0.25, -0.2) is 4.79 Å². The fourth-order valence-corrected chi connectivity index (χ4v) is 4.99. The molecule has 1 atom stereocenters. The van der Waals surface area contributed by atoms with Crippen molar-refractivity contribution < 1.29 is 19.1 Å². The van der Waals surface area contributed by atoms with Gasteiger partial charge in [-0.2, -0.15) is 0 Å². The Labute approximate surface area is 219 Å². The van der Waals surface area contributed by atoms with E-state index in [1.807, 2.05) is 92.5 Å². The van der Waals surface area contributed by atoms with Crippen molar-refractivity contribution in [3.63, 3.8) is 0 Å². The summed E-state index contributed by atoms with van der Waals surface area (Å²) in [5.41, 5.74) is 1.83. The molecule has 0 aliphatic carbocycles. The molecule has 3 aromatic rings. The van der Waals surface area contributed by atoms with Crippen molar-refractivity contribution in [1.29, 1.82) is 0 Å². The van der Waals surface area contributed by atoms with Crippen molar-refractivity contribution in [3.8, 4) is 0 Å². The lowest BCUT2D eigenvalue weighted by Crippen LogP contribution is -2.48. The minimum absolute atomic E-state index is 0.150. The number of benzene rings is 2. The number of hydrogen-bond donors (Lipinski definition) is 0. The van der Waals surface area contributed by atoms with Crippen LogP contribution < -0.4 is 0 Å². The molecule has 2 aromatic carbocycles. The molecule has 0 unspecified atom stereocenters. The van der Waals surface area contributed by atoms with E-state index in [1.54, 1.807) is 10.8 Å². The average molecular weight is 503 g/mol. The summed E-state index contributed by atoms with van der Waals surface area (Å²) in [6.45, 7) is 9.47. The maximum Gasteiger partial charge on any atom is 0.419 e. The van der Waals surface area contributed by atoms with Crippen LogP contribution in [-0.2, 0) is 27.3 Å². The molecule has 196 valence electrons. The normalized spacial score (nSPS) is 18.5. The molecule has 1 aliphatic heterocycles. The summed E-state index contributed by atoms with van der Waals surface area (Å²) in [6.07, 6.45) is 8.28. The van der Waals surface area contributed by atoms with Gasteiger partial charge in [0, 0.05) is 24.7 Å². The summed E-state index contributed by atoms with van der Waals surface area (Å²) in [4.78, 5) is 28.4. The number of ether oxygens (including phenoxy) is 2. The molecule has 1 aliphatic rings. The quantitative estimate of drug-likeness (QED) is 0.321. The topological polar surface area (TPSA) is 60.8 Å². The minimum atomic E-state index is -0.579. The SMILES string of the molecule is CC[C@]1(/C=C/OCc2ccccc2)CCCN(CCc2cn(C(=O)OC(C)(C)C)c3ccccc23)C1=O. The summed E-state index contributed by atoms with van der Waals surface area (Å²) >= 11 is 0.